The number of halogens is 3. The summed E-state index contributed by atoms with van der Waals surface area (Å²) in [6.07, 6.45) is -2.64. The second-order valence-electron chi connectivity index (χ2n) is 5.52. The Balaban J connectivity index is 2.12. The quantitative estimate of drug-likeness (QED) is 0.630. The number of amides is 2. The maximum absolute atomic E-state index is 12.6. The normalized spacial score (nSPS) is 10.9. The molecule has 2 N–H and O–H groups in total. The summed E-state index contributed by atoms with van der Waals surface area (Å²) < 4.78 is 37.9. The minimum absolute atomic E-state index is 0.0630. The molecule has 2 aromatic rings. The predicted molar refractivity (Wildman–Crippen MR) is 91.1 cm³/mol. The van der Waals surface area contributed by atoms with Gasteiger partial charge in [0, 0.05) is 12.0 Å². The number of nitrogens with one attached hydrogen (secondary N) is 2. The zero-order valence-corrected chi connectivity index (χ0v) is 13.8. The van der Waals surface area contributed by atoms with Crippen molar-refractivity contribution in [1.82, 2.24) is 10.9 Å². The van der Waals surface area contributed by atoms with Gasteiger partial charge in [0.25, 0.3) is 5.91 Å². The molecule has 2 amide bonds. The number of alkyl halides is 3. The zero-order valence-electron chi connectivity index (χ0n) is 13.8. The number of hydrazine groups is 1. The fraction of sp³-hybridized carbons (Fsp3) is 0.158. The first kappa shape index (κ1) is 19.2. The lowest BCUT2D eigenvalue weighted by Gasteiger charge is -2.12. The summed E-state index contributed by atoms with van der Waals surface area (Å²) in [7, 11) is 0. The fourth-order valence-electron chi connectivity index (χ4n) is 2.30. The molecule has 0 saturated carbocycles. The summed E-state index contributed by atoms with van der Waals surface area (Å²) in [4.78, 5) is 23.6. The molecule has 4 nitrogen and oxygen atoms in total. The van der Waals surface area contributed by atoms with E-state index in [1.165, 1.54) is 18.2 Å². The van der Waals surface area contributed by atoms with Crippen LogP contribution in [0.5, 0.6) is 0 Å². The molecule has 0 unspecified atom stereocenters. The van der Waals surface area contributed by atoms with Gasteiger partial charge in [0.2, 0.25) is 5.91 Å². The van der Waals surface area contributed by atoms with Crippen LogP contribution in [-0.2, 0) is 17.4 Å². The van der Waals surface area contributed by atoms with Gasteiger partial charge in [-0.1, -0.05) is 36.4 Å². The van der Waals surface area contributed by atoms with E-state index in [0.717, 1.165) is 12.1 Å². The molecule has 0 bridgehead atoms. The fourth-order valence-corrected chi connectivity index (χ4v) is 2.30. The third-order valence-electron chi connectivity index (χ3n) is 3.58. The van der Waals surface area contributed by atoms with E-state index in [-0.39, 0.29) is 12.8 Å². The molecule has 7 heteroatoms. The lowest BCUT2D eigenvalue weighted by Crippen LogP contribution is -2.41. The Morgan fingerprint density at radius 2 is 1.65 bits per heavy atom. The predicted octanol–water partition coefficient (Wildman–Crippen LogP) is 3.63. The summed E-state index contributed by atoms with van der Waals surface area (Å²) in [5.41, 5.74) is 5.43. The van der Waals surface area contributed by atoms with Crippen LogP contribution in [0.4, 0.5) is 13.2 Å². The minimum atomic E-state index is -4.39. The van der Waals surface area contributed by atoms with Gasteiger partial charge in [-0.2, -0.15) is 13.2 Å². The van der Waals surface area contributed by atoms with E-state index >= 15 is 0 Å². The van der Waals surface area contributed by atoms with Crippen molar-refractivity contribution in [3.63, 3.8) is 0 Å². The molecule has 0 aliphatic rings. The highest BCUT2D eigenvalue weighted by Crippen LogP contribution is 2.29. The van der Waals surface area contributed by atoms with E-state index < -0.39 is 23.6 Å². The molecule has 0 heterocycles. The minimum Gasteiger partial charge on any atom is -0.273 e. The third kappa shape index (κ3) is 5.20. The van der Waals surface area contributed by atoms with Crippen molar-refractivity contribution < 1.29 is 22.8 Å². The largest absolute Gasteiger partial charge is 0.416 e. The highest BCUT2D eigenvalue weighted by Gasteiger charge is 2.29. The highest BCUT2D eigenvalue weighted by molar-refractivity contribution is 5.96. The van der Waals surface area contributed by atoms with E-state index in [1.807, 2.05) is 0 Å². The second-order valence-corrected chi connectivity index (χ2v) is 5.52. The SMILES string of the molecule is C=CCC(=O)NNC(=O)c1ccccc1Cc1ccc(C(F)(F)F)cc1. The van der Waals surface area contributed by atoms with E-state index in [9.17, 15) is 22.8 Å². The Bertz CT molecular complexity index is 799. The second kappa shape index (κ2) is 8.33. The van der Waals surface area contributed by atoms with E-state index in [4.69, 9.17) is 0 Å². The maximum Gasteiger partial charge on any atom is 0.416 e. The van der Waals surface area contributed by atoms with Crippen molar-refractivity contribution in [3.8, 4) is 0 Å². The van der Waals surface area contributed by atoms with Crippen molar-refractivity contribution in [2.75, 3.05) is 0 Å². The summed E-state index contributed by atoms with van der Waals surface area (Å²) in [5, 5.41) is 0. The van der Waals surface area contributed by atoms with Crippen molar-refractivity contribution >= 4 is 11.8 Å². The Kier molecular flexibility index (Phi) is 6.16. The maximum atomic E-state index is 12.6. The lowest BCUT2D eigenvalue weighted by atomic mass is 9.98. The molecule has 0 spiro atoms. The molecule has 0 saturated heterocycles. The van der Waals surface area contributed by atoms with Gasteiger partial charge in [0.15, 0.2) is 0 Å². The molecule has 0 atom stereocenters. The van der Waals surface area contributed by atoms with Crippen molar-refractivity contribution in [1.29, 1.82) is 0 Å². The number of benzene rings is 2. The van der Waals surface area contributed by atoms with Gasteiger partial charge >= 0.3 is 6.18 Å². The van der Waals surface area contributed by atoms with Gasteiger partial charge in [-0.05, 0) is 35.7 Å². The van der Waals surface area contributed by atoms with E-state index in [2.05, 4.69) is 17.4 Å². The molecule has 0 fully saturated rings. The van der Waals surface area contributed by atoms with Crippen LogP contribution in [0, 0.1) is 0 Å². The Labute approximate surface area is 148 Å². The third-order valence-corrected chi connectivity index (χ3v) is 3.58. The topological polar surface area (TPSA) is 58.2 Å². The van der Waals surface area contributed by atoms with Crippen molar-refractivity contribution in [2.24, 2.45) is 0 Å². The standard InChI is InChI=1S/C19H17F3N2O2/c1-2-5-17(25)23-24-18(26)16-7-4-3-6-14(16)12-13-8-10-15(11-9-13)19(20,21)22/h2-4,6-11H,1,5,12H2,(H,23,25)(H,24,26). The van der Waals surface area contributed by atoms with Crippen LogP contribution >= 0.6 is 0 Å². The van der Waals surface area contributed by atoms with Gasteiger partial charge < -0.3 is 0 Å². The summed E-state index contributed by atoms with van der Waals surface area (Å²) >= 11 is 0. The first-order chi connectivity index (χ1) is 12.3. The molecular weight excluding hydrogens is 345 g/mol. The van der Waals surface area contributed by atoms with Crippen LogP contribution < -0.4 is 10.9 Å². The monoisotopic (exact) mass is 362 g/mol. The molecule has 0 aliphatic heterocycles. The van der Waals surface area contributed by atoms with Crippen LogP contribution in [0.2, 0.25) is 0 Å². The summed E-state index contributed by atoms with van der Waals surface area (Å²) in [6.45, 7) is 3.42. The van der Waals surface area contributed by atoms with Gasteiger partial charge in [-0.25, -0.2) is 0 Å². The smallest absolute Gasteiger partial charge is 0.273 e. The first-order valence-electron chi connectivity index (χ1n) is 7.75. The van der Waals surface area contributed by atoms with Gasteiger partial charge in [0.05, 0.1) is 5.56 Å². The summed E-state index contributed by atoms with van der Waals surface area (Å²) in [5.74, 6) is -0.918. The molecular formula is C19H17F3N2O2. The average Bonchev–Trinajstić information content (AvgIpc) is 2.60. The number of rotatable bonds is 5. The first-order valence-corrected chi connectivity index (χ1v) is 7.75. The van der Waals surface area contributed by atoms with E-state index in [0.29, 0.717) is 16.7 Å². The van der Waals surface area contributed by atoms with Crippen LogP contribution in [-0.4, -0.2) is 11.8 Å². The van der Waals surface area contributed by atoms with Crippen molar-refractivity contribution in [3.05, 3.63) is 83.4 Å². The number of hydrogen-bond acceptors (Lipinski definition) is 2. The Hall–Kier alpha value is -3.09. The van der Waals surface area contributed by atoms with Gasteiger partial charge in [0.1, 0.15) is 0 Å². The number of carbonyl (C=O) groups is 2. The molecule has 26 heavy (non-hydrogen) atoms. The Morgan fingerprint density at radius 1 is 1.00 bits per heavy atom. The molecule has 0 aromatic heterocycles. The lowest BCUT2D eigenvalue weighted by molar-refractivity contribution is -0.137. The van der Waals surface area contributed by atoms with Gasteiger partial charge in [-0.15, -0.1) is 6.58 Å². The highest BCUT2D eigenvalue weighted by atomic mass is 19.4. The zero-order chi connectivity index (χ0) is 19.2. The number of carbonyl (C=O) groups excluding carboxylic acids is 2. The average molecular weight is 362 g/mol. The van der Waals surface area contributed by atoms with Gasteiger partial charge in [-0.3, -0.25) is 20.4 Å². The molecule has 2 rings (SSSR count). The van der Waals surface area contributed by atoms with Crippen LogP contribution in [0.1, 0.15) is 33.5 Å². The molecule has 136 valence electrons. The van der Waals surface area contributed by atoms with Crippen LogP contribution in [0.15, 0.2) is 61.2 Å². The molecule has 0 aliphatic carbocycles. The number of hydrogen-bond donors (Lipinski definition) is 2. The van der Waals surface area contributed by atoms with E-state index in [1.54, 1.807) is 24.3 Å². The van der Waals surface area contributed by atoms with Crippen molar-refractivity contribution in [2.45, 2.75) is 19.0 Å². The molecule has 2 aromatic carbocycles. The molecule has 0 radical (unpaired) electrons. The van der Waals surface area contributed by atoms with Crippen LogP contribution in [0.25, 0.3) is 0 Å². The Morgan fingerprint density at radius 3 is 2.27 bits per heavy atom. The summed E-state index contributed by atoms with van der Waals surface area (Å²) in [6, 6.07) is 11.4. The van der Waals surface area contributed by atoms with Crippen LogP contribution in [0.3, 0.4) is 0 Å².